The maximum atomic E-state index is 12.9. The molecule has 0 aliphatic heterocycles. The molecule has 0 aliphatic carbocycles. The minimum atomic E-state index is -0.514. The van der Waals surface area contributed by atoms with Gasteiger partial charge < -0.3 is 10.3 Å². The van der Waals surface area contributed by atoms with E-state index in [2.05, 4.69) is 5.16 Å². The van der Waals surface area contributed by atoms with Crippen LogP contribution in [0.4, 0.5) is 4.39 Å². The largest absolute Gasteiger partial charge is 0.411 e. The van der Waals surface area contributed by atoms with Crippen molar-refractivity contribution in [3.05, 3.63) is 35.6 Å². The second-order valence-corrected chi connectivity index (χ2v) is 2.18. The van der Waals surface area contributed by atoms with Gasteiger partial charge in [0, 0.05) is 5.56 Å². The Bertz CT molecular complexity index is 299. The molecule has 0 atom stereocenters. The predicted molar refractivity (Wildman–Crippen MR) is 41.8 cm³/mol. The van der Waals surface area contributed by atoms with Crippen molar-refractivity contribution in [1.29, 1.82) is 0 Å². The minimum absolute atomic E-state index is 0.0758. The maximum Gasteiger partial charge on any atom is 0.132 e. The summed E-state index contributed by atoms with van der Waals surface area (Å²) in [6.07, 6.45) is 0. The van der Waals surface area contributed by atoms with Crippen molar-refractivity contribution in [1.82, 2.24) is 0 Å². The third kappa shape index (κ3) is 1.60. The van der Waals surface area contributed by atoms with Crippen LogP contribution in [0.2, 0.25) is 0 Å². The van der Waals surface area contributed by atoms with E-state index in [1.165, 1.54) is 18.2 Å². The van der Waals surface area contributed by atoms with Gasteiger partial charge in [0.25, 0.3) is 0 Å². The van der Waals surface area contributed by atoms with E-state index in [1.54, 1.807) is 6.07 Å². The minimum Gasteiger partial charge on any atom is -0.411 e. The molecule has 1 aromatic rings. The summed E-state index contributed by atoms with van der Waals surface area (Å²) in [7, 11) is 0. The fraction of sp³-hybridized carbons (Fsp3) is 0.125. The number of nitrogens with zero attached hydrogens (tertiary/aromatic N) is 1. The number of aliphatic hydroxyl groups is 1. The lowest BCUT2D eigenvalue weighted by Gasteiger charge is -2.00. The molecule has 0 saturated heterocycles. The molecule has 12 heavy (non-hydrogen) atoms. The number of aliphatic hydroxyl groups excluding tert-OH is 1. The Kier molecular flexibility index (Phi) is 2.76. The van der Waals surface area contributed by atoms with Gasteiger partial charge in [0.2, 0.25) is 0 Å². The summed E-state index contributed by atoms with van der Waals surface area (Å²) in [4.78, 5) is 0. The van der Waals surface area contributed by atoms with E-state index >= 15 is 0 Å². The molecule has 0 amide bonds. The van der Waals surface area contributed by atoms with Crippen LogP contribution >= 0.6 is 0 Å². The summed E-state index contributed by atoms with van der Waals surface area (Å²) >= 11 is 0. The van der Waals surface area contributed by atoms with Crippen molar-refractivity contribution in [2.24, 2.45) is 5.16 Å². The van der Waals surface area contributed by atoms with Crippen LogP contribution in [0.5, 0.6) is 0 Å². The SMILES string of the molecule is OC/C(=N\O)c1ccccc1F. The van der Waals surface area contributed by atoms with Crippen molar-refractivity contribution in [2.75, 3.05) is 6.61 Å². The molecule has 1 aromatic carbocycles. The highest BCUT2D eigenvalue weighted by molar-refractivity contribution is 6.01. The van der Waals surface area contributed by atoms with E-state index in [9.17, 15) is 4.39 Å². The van der Waals surface area contributed by atoms with Crippen LogP contribution in [0.25, 0.3) is 0 Å². The Morgan fingerprint density at radius 2 is 2.08 bits per heavy atom. The summed E-state index contributed by atoms with van der Waals surface area (Å²) in [6, 6.07) is 5.78. The van der Waals surface area contributed by atoms with Gasteiger partial charge >= 0.3 is 0 Å². The van der Waals surface area contributed by atoms with Crippen molar-refractivity contribution >= 4 is 5.71 Å². The molecule has 64 valence electrons. The lowest BCUT2D eigenvalue weighted by molar-refractivity contribution is 0.303. The molecule has 0 bridgehead atoms. The summed E-state index contributed by atoms with van der Waals surface area (Å²) in [5, 5.41) is 19.8. The average molecular weight is 169 g/mol. The Morgan fingerprint density at radius 1 is 1.42 bits per heavy atom. The van der Waals surface area contributed by atoms with E-state index in [4.69, 9.17) is 10.3 Å². The summed E-state index contributed by atoms with van der Waals surface area (Å²) in [5.41, 5.74) is 0.0376. The van der Waals surface area contributed by atoms with Crippen LogP contribution in [-0.4, -0.2) is 22.6 Å². The normalized spacial score (nSPS) is 11.7. The molecule has 0 heterocycles. The Morgan fingerprint density at radius 3 is 2.58 bits per heavy atom. The highest BCUT2D eigenvalue weighted by Crippen LogP contribution is 2.07. The van der Waals surface area contributed by atoms with Gasteiger partial charge in [-0.1, -0.05) is 17.3 Å². The standard InChI is InChI=1S/C8H8FNO2/c9-7-4-2-1-3-6(7)8(5-11)10-12/h1-4,11-12H,5H2/b10-8+. The van der Waals surface area contributed by atoms with Gasteiger partial charge in [-0.05, 0) is 12.1 Å². The first-order valence-corrected chi connectivity index (χ1v) is 3.36. The van der Waals surface area contributed by atoms with Gasteiger partial charge in [0.05, 0.1) is 6.61 Å². The van der Waals surface area contributed by atoms with Crippen LogP contribution in [0.15, 0.2) is 29.4 Å². The van der Waals surface area contributed by atoms with Crippen molar-refractivity contribution in [3.63, 3.8) is 0 Å². The highest BCUT2D eigenvalue weighted by Gasteiger charge is 2.07. The van der Waals surface area contributed by atoms with Gasteiger partial charge in [-0.15, -0.1) is 0 Å². The van der Waals surface area contributed by atoms with Crippen LogP contribution in [-0.2, 0) is 0 Å². The Balaban J connectivity index is 3.10. The first kappa shape index (κ1) is 8.67. The smallest absolute Gasteiger partial charge is 0.132 e. The van der Waals surface area contributed by atoms with E-state index in [-0.39, 0.29) is 11.3 Å². The van der Waals surface area contributed by atoms with E-state index in [0.717, 1.165) is 0 Å². The molecule has 0 radical (unpaired) electrons. The summed E-state index contributed by atoms with van der Waals surface area (Å²) in [6.45, 7) is -0.489. The number of hydrogen-bond donors (Lipinski definition) is 2. The van der Waals surface area contributed by atoms with E-state index in [0.29, 0.717) is 0 Å². The van der Waals surface area contributed by atoms with Crippen LogP contribution in [0, 0.1) is 5.82 Å². The van der Waals surface area contributed by atoms with Gasteiger partial charge in [-0.2, -0.15) is 0 Å². The number of hydrogen-bond acceptors (Lipinski definition) is 3. The zero-order valence-corrected chi connectivity index (χ0v) is 6.24. The summed E-state index contributed by atoms with van der Waals surface area (Å²) < 4.78 is 12.9. The molecule has 0 spiro atoms. The molecular formula is C8H8FNO2. The lowest BCUT2D eigenvalue weighted by Crippen LogP contribution is -2.08. The molecule has 0 aliphatic rings. The van der Waals surface area contributed by atoms with Gasteiger partial charge in [-0.25, -0.2) is 4.39 Å². The molecule has 0 unspecified atom stereocenters. The second-order valence-electron chi connectivity index (χ2n) is 2.18. The van der Waals surface area contributed by atoms with Crippen molar-refractivity contribution in [3.8, 4) is 0 Å². The second kappa shape index (κ2) is 3.82. The predicted octanol–water partition coefficient (Wildman–Crippen LogP) is 0.996. The van der Waals surface area contributed by atoms with Gasteiger partial charge in [-0.3, -0.25) is 0 Å². The molecular weight excluding hydrogens is 161 g/mol. The van der Waals surface area contributed by atoms with Crippen molar-refractivity contribution in [2.45, 2.75) is 0 Å². The average Bonchev–Trinajstić information content (AvgIpc) is 2.10. The number of rotatable bonds is 2. The Hall–Kier alpha value is -1.42. The maximum absolute atomic E-state index is 12.9. The zero-order valence-electron chi connectivity index (χ0n) is 6.24. The lowest BCUT2D eigenvalue weighted by atomic mass is 10.1. The molecule has 0 fully saturated rings. The van der Waals surface area contributed by atoms with E-state index in [1.807, 2.05) is 0 Å². The number of benzene rings is 1. The summed E-state index contributed by atoms with van der Waals surface area (Å²) in [5.74, 6) is -0.514. The van der Waals surface area contributed by atoms with Gasteiger partial charge in [0.15, 0.2) is 0 Å². The van der Waals surface area contributed by atoms with Crippen LogP contribution < -0.4 is 0 Å². The number of halogens is 1. The first-order valence-electron chi connectivity index (χ1n) is 3.36. The fourth-order valence-electron chi connectivity index (χ4n) is 0.866. The molecule has 1 rings (SSSR count). The third-order valence-electron chi connectivity index (χ3n) is 1.46. The molecule has 2 N–H and O–H groups in total. The van der Waals surface area contributed by atoms with Crippen molar-refractivity contribution < 1.29 is 14.7 Å². The van der Waals surface area contributed by atoms with Crippen LogP contribution in [0.3, 0.4) is 0 Å². The number of oxime groups is 1. The molecule has 3 nitrogen and oxygen atoms in total. The first-order chi connectivity index (χ1) is 5.79. The highest BCUT2D eigenvalue weighted by atomic mass is 19.1. The zero-order chi connectivity index (χ0) is 8.97. The topological polar surface area (TPSA) is 52.8 Å². The van der Waals surface area contributed by atoms with Gasteiger partial charge in [0.1, 0.15) is 11.5 Å². The third-order valence-corrected chi connectivity index (χ3v) is 1.46. The molecule has 0 aromatic heterocycles. The molecule has 0 saturated carbocycles. The van der Waals surface area contributed by atoms with Crippen LogP contribution in [0.1, 0.15) is 5.56 Å². The molecule has 4 heteroatoms. The quantitative estimate of drug-likeness (QED) is 0.394. The van der Waals surface area contributed by atoms with E-state index < -0.39 is 12.4 Å². The fourth-order valence-corrected chi connectivity index (χ4v) is 0.866. The Labute approximate surface area is 68.8 Å². The monoisotopic (exact) mass is 169 g/mol.